The molecule has 0 saturated carbocycles. The first-order valence-corrected chi connectivity index (χ1v) is 7.71. The quantitative estimate of drug-likeness (QED) is 0.891. The molecule has 0 spiro atoms. The van der Waals surface area contributed by atoms with Crippen LogP contribution in [0.1, 0.15) is 12.5 Å². The Bertz CT molecular complexity index is 615. The third-order valence-electron chi connectivity index (χ3n) is 3.18. The van der Waals surface area contributed by atoms with Crippen molar-refractivity contribution >= 4 is 27.5 Å². The average Bonchev–Trinajstić information content (AvgIpc) is 2.35. The van der Waals surface area contributed by atoms with Crippen molar-refractivity contribution in [2.45, 2.75) is 24.8 Å². The highest BCUT2D eigenvalue weighted by molar-refractivity contribution is 7.89. The van der Waals surface area contributed by atoms with Gasteiger partial charge in [-0.1, -0.05) is 17.7 Å². The lowest BCUT2D eigenvalue weighted by atomic mass is 10.2. The highest BCUT2D eigenvalue weighted by Crippen LogP contribution is 2.25. The second kappa shape index (κ2) is 5.11. The lowest BCUT2D eigenvalue weighted by molar-refractivity contribution is -0.126. The van der Waals surface area contributed by atoms with E-state index in [4.69, 9.17) is 11.6 Å². The Morgan fingerprint density at radius 3 is 2.79 bits per heavy atom. The molecule has 1 N–H and O–H groups in total. The number of hydrogen-bond acceptors (Lipinski definition) is 3. The highest BCUT2D eigenvalue weighted by atomic mass is 35.5. The molecule has 0 bridgehead atoms. The number of sulfonamides is 1. The van der Waals surface area contributed by atoms with Crippen molar-refractivity contribution in [2.75, 3.05) is 13.1 Å². The van der Waals surface area contributed by atoms with Gasteiger partial charge in [-0.15, -0.1) is 0 Å². The third kappa shape index (κ3) is 2.61. The van der Waals surface area contributed by atoms with Gasteiger partial charge in [-0.3, -0.25) is 4.79 Å². The molecule has 2 rings (SSSR count). The summed E-state index contributed by atoms with van der Waals surface area (Å²) in [6, 6.07) is 4.01. The van der Waals surface area contributed by atoms with Crippen molar-refractivity contribution in [3.63, 3.8) is 0 Å². The van der Waals surface area contributed by atoms with Crippen LogP contribution >= 0.6 is 11.6 Å². The monoisotopic (exact) mass is 302 g/mol. The van der Waals surface area contributed by atoms with Crippen molar-refractivity contribution in [2.24, 2.45) is 0 Å². The fraction of sp³-hybridized carbons (Fsp3) is 0.417. The molecule has 1 aliphatic heterocycles. The van der Waals surface area contributed by atoms with Crippen molar-refractivity contribution in [1.29, 1.82) is 0 Å². The van der Waals surface area contributed by atoms with Crippen molar-refractivity contribution in [1.82, 2.24) is 9.62 Å². The van der Waals surface area contributed by atoms with Crippen LogP contribution in [0.2, 0.25) is 5.02 Å². The summed E-state index contributed by atoms with van der Waals surface area (Å²) in [4.78, 5) is 11.7. The molecule has 1 heterocycles. The largest absolute Gasteiger partial charge is 0.353 e. The van der Waals surface area contributed by atoms with Crippen molar-refractivity contribution in [3.8, 4) is 0 Å². The standard InChI is InChI=1S/C12H15ClN2O3S/c1-8-3-4-10(13)7-11(8)19(17,18)15-6-5-14-12(16)9(15)2/h3-4,7,9H,5-6H2,1-2H3,(H,14,16). The summed E-state index contributed by atoms with van der Waals surface area (Å²) >= 11 is 5.86. The van der Waals surface area contributed by atoms with E-state index in [1.54, 1.807) is 26.0 Å². The van der Waals surface area contributed by atoms with E-state index in [0.717, 1.165) is 0 Å². The Kier molecular flexibility index (Phi) is 3.85. The number of halogens is 1. The number of carbonyl (C=O) groups is 1. The normalized spacial score (nSPS) is 21.2. The molecule has 104 valence electrons. The van der Waals surface area contributed by atoms with E-state index in [1.165, 1.54) is 10.4 Å². The smallest absolute Gasteiger partial charge is 0.244 e. The Labute approximate surface area is 117 Å². The molecule has 1 unspecified atom stereocenters. The van der Waals surface area contributed by atoms with Gasteiger partial charge in [0.2, 0.25) is 15.9 Å². The number of piperazine rings is 1. The van der Waals surface area contributed by atoms with Crippen LogP contribution in [0.4, 0.5) is 0 Å². The molecule has 5 nitrogen and oxygen atoms in total. The zero-order valence-corrected chi connectivity index (χ0v) is 12.3. The molecule has 1 aliphatic rings. The van der Waals surface area contributed by atoms with E-state index in [-0.39, 0.29) is 17.3 Å². The van der Waals surface area contributed by atoms with Crippen LogP contribution in [0.15, 0.2) is 23.1 Å². The van der Waals surface area contributed by atoms with E-state index >= 15 is 0 Å². The summed E-state index contributed by atoms with van der Waals surface area (Å²) in [5.41, 5.74) is 0.614. The van der Waals surface area contributed by atoms with E-state index in [2.05, 4.69) is 5.32 Å². The number of rotatable bonds is 2. The topological polar surface area (TPSA) is 66.5 Å². The summed E-state index contributed by atoms with van der Waals surface area (Å²) in [6.07, 6.45) is 0. The predicted octanol–water partition coefficient (Wildman–Crippen LogP) is 1.16. The van der Waals surface area contributed by atoms with Gasteiger partial charge in [-0.2, -0.15) is 4.31 Å². The minimum atomic E-state index is -3.71. The minimum Gasteiger partial charge on any atom is -0.353 e. The van der Waals surface area contributed by atoms with E-state index in [9.17, 15) is 13.2 Å². The Morgan fingerprint density at radius 1 is 1.42 bits per heavy atom. The van der Waals surface area contributed by atoms with E-state index in [1.807, 2.05) is 0 Å². The molecule has 19 heavy (non-hydrogen) atoms. The first-order chi connectivity index (χ1) is 8.84. The first kappa shape index (κ1) is 14.3. The molecule has 0 radical (unpaired) electrons. The molecule has 0 aromatic heterocycles. The fourth-order valence-electron chi connectivity index (χ4n) is 2.07. The second-order valence-corrected chi connectivity index (χ2v) is 6.79. The number of benzene rings is 1. The number of aryl methyl sites for hydroxylation is 1. The first-order valence-electron chi connectivity index (χ1n) is 5.90. The minimum absolute atomic E-state index is 0.154. The van der Waals surface area contributed by atoms with Crippen molar-refractivity contribution in [3.05, 3.63) is 28.8 Å². The van der Waals surface area contributed by atoms with Crippen LogP contribution in [-0.4, -0.2) is 37.8 Å². The average molecular weight is 303 g/mol. The second-order valence-electron chi connectivity index (χ2n) is 4.49. The molecular formula is C12H15ClN2O3S. The van der Waals surface area contributed by atoms with Crippen LogP contribution in [0.25, 0.3) is 0 Å². The van der Waals surface area contributed by atoms with Crippen LogP contribution in [-0.2, 0) is 14.8 Å². The number of amides is 1. The SMILES string of the molecule is Cc1ccc(Cl)cc1S(=O)(=O)N1CCNC(=O)C1C. The highest BCUT2D eigenvalue weighted by Gasteiger charge is 2.36. The molecule has 1 saturated heterocycles. The summed E-state index contributed by atoms with van der Waals surface area (Å²) in [6.45, 7) is 3.87. The van der Waals surface area contributed by atoms with E-state index < -0.39 is 16.1 Å². The molecule has 0 aliphatic carbocycles. The summed E-state index contributed by atoms with van der Waals surface area (Å²) in [7, 11) is -3.71. The molecule has 1 aromatic rings. The maximum Gasteiger partial charge on any atom is 0.244 e. The zero-order valence-electron chi connectivity index (χ0n) is 10.7. The van der Waals surface area contributed by atoms with Gasteiger partial charge >= 0.3 is 0 Å². The number of hydrogen-bond donors (Lipinski definition) is 1. The zero-order chi connectivity index (χ0) is 14.2. The van der Waals surface area contributed by atoms with Gasteiger partial charge in [0.25, 0.3) is 0 Å². The van der Waals surface area contributed by atoms with Gasteiger partial charge in [-0.25, -0.2) is 8.42 Å². The van der Waals surface area contributed by atoms with Gasteiger partial charge in [0.1, 0.15) is 6.04 Å². The fourth-order valence-corrected chi connectivity index (χ4v) is 4.15. The van der Waals surface area contributed by atoms with Gasteiger partial charge in [0.15, 0.2) is 0 Å². The van der Waals surface area contributed by atoms with Crippen LogP contribution in [0.5, 0.6) is 0 Å². The summed E-state index contributed by atoms with van der Waals surface area (Å²) in [5, 5.41) is 3.00. The number of nitrogens with zero attached hydrogens (tertiary/aromatic N) is 1. The molecule has 7 heteroatoms. The summed E-state index contributed by atoms with van der Waals surface area (Å²) in [5.74, 6) is -0.283. The molecular weight excluding hydrogens is 288 g/mol. The van der Waals surface area contributed by atoms with E-state index in [0.29, 0.717) is 17.1 Å². The number of carbonyl (C=O) groups excluding carboxylic acids is 1. The maximum absolute atomic E-state index is 12.6. The Morgan fingerprint density at radius 2 is 2.11 bits per heavy atom. The van der Waals surface area contributed by atoms with Crippen LogP contribution in [0, 0.1) is 6.92 Å². The Balaban J connectivity index is 2.47. The third-order valence-corrected chi connectivity index (χ3v) is 5.53. The van der Waals surface area contributed by atoms with Crippen LogP contribution in [0.3, 0.4) is 0 Å². The van der Waals surface area contributed by atoms with Gasteiger partial charge < -0.3 is 5.32 Å². The molecule has 1 fully saturated rings. The molecule has 1 aromatic carbocycles. The van der Waals surface area contributed by atoms with Gasteiger partial charge in [-0.05, 0) is 31.5 Å². The summed E-state index contributed by atoms with van der Waals surface area (Å²) < 4.78 is 26.4. The van der Waals surface area contributed by atoms with Crippen LogP contribution < -0.4 is 5.32 Å². The predicted molar refractivity (Wildman–Crippen MR) is 72.6 cm³/mol. The van der Waals surface area contributed by atoms with Gasteiger partial charge in [0, 0.05) is 18.1 Å². The number of nitrogens with one attached hydrogen (secondary N) is 1. The lowest BCUT2D eigenvalue weighted by Gasteiger charge is -2.32. The molecule has 1 amide bonds. The lowest BCUT2D eigenvalue weighted by Crippen LogP contribution is -2.55. The van der Waals surface area contributed by atoms with Gasteiger partial charge in [0.05, 0.1) is 4.90 Å². The maximum atomic E-state index is 12.6. The molecule has 1 atom stereocenters. The van der Waals surface area contributed by atoms with Crippen molar-refractivity contribution < 1.29 is 13.2 Å². The Hall–Kier alpha value is -1.11.